The first-order chi connectivity index (χ1) is 14.1. The molecule has 0 aromatic heterocycles. The van der Waals surface area contributed by atoms with Gasteiger partial charge < -0.3 is 14.4 Å². The van der Waals surface area contributed by atoms with Crippen molar-refractivity contribution >= 4 is 5.91 Å². The number of amides is 1. The number of fused-ring (bicyclic) bond motifs is 1. The molecule has 4 nitrogen and oxygen atoms in total. The largest absolute Gasteiger partial charge is 0.497 e. The van der Waals surface area contributed by atoms with Crippen LogP contribution in [-0.4, -0.2) is 31.6 Å². The molecule has 0 fully saturated rings. The summed E-state index contributed by atoms with van der Waals surface area (Å²) in [5.74, 6) is 0.556. The third kappa shape index (κ3) is 3.56. The van der Waals surface area contributed by atoms with Crippen molar-refractivity contribution in [3.63, 3.8) is 0 Å². The Morgan fingerprint density at radius 2 is 1.55 bits per heavy atom. The average Bonchev–Trinajstić information content (AvgIpc) is 2.78. The summed E-state index contributed by atoms with van der Waals surface area (Å²) in [6.45, 7) is 0.494. The predicted molar refractivity (Wildman–Crippen MR) is 109 cm³/mol. The van der Waals surface area contributed by atoms with Gasteiger partial charge in [-0.1, -0.05) is 42.5 Å². The van der Waals surface area contributed by atoms with Crippen LogP contribution in [0.2, 0.25) is 0 Å². The first-order valence-corrected chi connectivity index (χ1v) is 9.48. The summed E-state index contributed by atoms with van der Waals surface area (Å²) in [4.78, 5) is 15.3. The second kappa shape index (κ2) is 7.95. The molecule has 0 N–H and O–H groups in total. The van der Waals surface area contributed by atoms with Gasteiger partial charge in [0.25, 0.3) is 5.91 Å². The minimum absolute atomic E-state index is 0.190. The molecule has 3 aromatic rings. The molecule has 0 aliphatic carbocycles. The highest BCUT2D eigenvalue weighted by molar-refractivity contribution is 5.96. The lowest BCUT2D eigenvalue weighted by Gasteiger charge is -2.38. The van der Waals surface area contributed by atoms with E-state index in [0.29, 0.717) is 35.6 Å². The Hall–Kier alpha value is -3.34. The minimum Gasteiger partial charge on any atom is -0.497 e. The van der Waals surface area contributed by atoms with Gasteiger partial charge in [0.2, 0.25) is 0 Å². The second-order valence-corrected chi connectivity index (χ2v) is 6.97. The van der Waals surface area contributed by atoms with E-state index in [-0.39, 0.29) is 11.7 Å². The Balaban J connectivity index is 1.82. The molecule has 1 aliphatic heterocycles. The van der Waals surface area contributed by atoms with Crippen molar-refractivity contribution < 1.29 is 18.7 Å². The van der Waals surface area contributed by atoms with Gasteiger partial charge in [-0.3, -0.25) is 4.79 Å². The summed E-state index contributed by atoms with van der Waals surface area (Å²) in [6, 6.07) is 19.1. The molecule has 148 valence electrons. The molecule has 0 unspecified atom stereocenters. The van der Waals surface area contributed by atoms with Crippen LogP contribution >= 0.6 is 0 Å². The molecule has 5 heteroatoms. The quantitative estimate of drug-likeness (QED) is 0.651. The maximum atomic E-state index is 14.8. The van der Waals surface area contributed by atoms with Crippen molar-refractivity contribution in [3.05, 3.63) is 94.8 Å². The predicted octanol–water partition coefficient (Wildman–Crippen LogP) is 4.63. The van der Waals surface area contributed by atoms with Crippen molar-refractivity contribution in [2.75, 3.05) is 20.8 Å². The summed E-state index contributed by atoms with van der Waals surface area (Å²) < 4.78 is 25.4. The standard InChI is InChI=1S/C24H22FNO3/c1-28-18-13-17(14-19(15-18)29-2)24(27)26-12-11-16-7-3-4-8-20(16)23(26)21-9-5-6-10-22(21)25/h3-10,13-15,23H,11-12H2,1-2H3/t23-/m1/s1. The van der Waals surface area contributed by atoms with Gasteiger partial charge in [0.1, 0.15) is 17.3 Å². The van der Waals surface area contributed by atoms with Crippen LogP contribution in [0.25, 0.3) is 0 Å². The second-order valence-electron chi connectivity index (χ2n) is 6.97. The lowest BCUT2D eigenvalue weighted by molar-refractivity contribution is 0.0691. The van der Waals surface area contributed by atoms with E-state index in [1.807, 2.05) is 24.3 Å². The third-order valence-electron chi connectivity index (χ3n) is 5.34. The summed E-state index contributed by atoms with van der Waals surface area (Å²) in [6.07, 6.45) is 0.716. The van der Waals surface area contributed by atoms with E-state index in [1.165, 1.54) is 6.07 Å². The molecule has 1 heterocycles. The number of benzene rings is 3. The zero-order chi connectivity index (χ0) is 20.4. The molecule has 0 bridgehead atoms. The molecule has 1 aliphatic rings. The van der Waals surface area contributed by atoms with Crippen LogP contribution < -0.4 is 9.47 Å². The molecule has 29 heavy (non-hydrogen) atoms. The Kier molecular flexibility index (Phi) is 5.21. The lowest BCUT2D eigenvalue weighted by atomic mass is 9.87. The normalized spacial score (nSPS) is 15.6. The summed E-state index contributed by atoms with van der Waals surface area (Å²) in [5.41, 5.74) is 3.02. The molecule has 1 atom stereocenters. The average molecular weight is 391 g/mol. The molecule has 0 saturated carbocycles. The van der Waals surface area contributed by atoms with Crippen LogP contribution in [0.1, 0.15) is 33.1 Å². The first-order valence-electron chi connectivity index (χ1n) is 9.48. The highest BCUT2D eigenvalue weighted by atomic mass is 19.1. The van der Waals surface area contributed by atoms with Crippen LogP contribution in [-0.2, 0) is 6.42 Å². The molecule has 3 aromatic carbocycles. The highest BCUT2D eigenvalue weighted by Crippen LogP contribution is 2.37. The van der Waals surface area contributed by atoms with Crippen LogP contribution in [0.15, 0.2) is 66.7 Å². The van der Waals surface area contributed by atoms with Crippen LogP contribution in [0.4, 0.5) is 4.39 Å². The molecular formula is C24H22FNO3. The van der Waals surface area contributed by atoms with E-state index >= 15 is 0 Å². The van der Waals surface area contributed by atoms with Gasteiger partial charge in [0, 0.05) is 23.7 Å². The Labute approximate surface area is 169 Å². The maximum Gasteiger partial charge on any atom is 0.254 e. The highest BCUT2D eigenvalue weighted by Gasteiger charge is 2.34. The number of methoxy groups -OCH3 is 2. The zero-order valence-corrected chi connectivity index (χ0v) is 16.4. The molecule has 0 spiro atoms. The lowest BCUT2D eigenvalue weighted by Crippen LogP contribution is -2.41. The van der Waals surface area contributed by atoms with Crippen molar-refractivity contribution in [1.82, 2.24) is 4.90 Å². The smallest absolute Gasteiger partial charge is 0.254 e. The van der Waals surface area contributed by atoms with Gasteiger partial charge in [-0.2, -0.15) is 0 Å². The number of nitrogens with zero attached hydrogens (tertiary/aromatic N) is 1. The van der Waals surface area contributed by atoms with E-state index in [4.69, 9.17) is 9.47 Å². The number of carbonyl (C=O) groups excluding carboxylic acids is 1. The molecule has 4 rings (SSSR count). The summed E-state index contributed by atoms with van der Waals surface area (Å²) in [5, 5.41) is 0. The first kappa shape index (κ1) is 19.0. The molecular weight excluding hydrogens is 369 g/mol. The van der Waals surface area contributed by atoms with E-state index in [9.17, 15) is 9.18 Å². The number of hydrogen-bond acceptors (Lipinski definition) is 3. The monoisotopic (exact) mass is 391 g/mol. The fourth-order valence-corrected chi connectivity index (χ4v) is 3.91. The van der Waals surface area contributed by atoms with E-state index in [2.05, 4.69) is 0 Å². The molecule has 1 amide bonds. The number of carbonyl (C=O) groups is 1. The number of hydrogen-bond donors (Lipinski definition) is 0. The SMILES string of the molecule is COc1cc(OC)cc(C(=O)N2CCc3ccccc3[C@@H]2c2ccccc2F)c1. The van der Waals surface area contributed by atoms with Gasteiger partial charge >= 0.3 is 0 Å². The summed E-state index contributed by atoms with van der Waals surface area (Å²) >= 11 is 0. The van der Waals surface area contributed by atoms with Gasteiger partial charge in [-0.05, 0) is 35.7 Å². The van der Waals surface area contributed by atoms with Crippen molar-refractivity contribution in [2.24, 2.45) is 0 Å². The van der Waals surface area contributed by atoms with Crippen molar-refractivity contribution in [2.45, 2.75) is 12.5 Å². The van der Waals surface area contributed by atoms with Gasteiger partial charge in [0.15, 0.2) is 0 Å². The van der Waals surface area contributed by atoms with Gasteiger partial charge in [0.05, 0.1) is 20.3 Å². The van der Waals surface area contributed by atoms with E-state index in [1.54, 1.807) is 55.5 Å². The number of ether oxygens (including phenoxy) is 2. The zero-order valence-electron chi connectivity index (χ0n) is 16.4. The number of halogens is 1. The fourth-order valence-electron chi connectivity index (χ4n) is 3.91. The van der Waals surface area contributed by atoms with E-state index < -0.39 is 6.04 Å². The van der Waals surface area contributed by atoms with Crippen molar-refractivity contribution in [1.29, 1.82) is 0 Å². The topological polar surface area (TPSA) is 38.8 Å². The summed E-state index contributed by atoms with van der Waals surface area (Å²) in [7, 11) is 3.09. The molecule has 0 saturated heterocycles. The van der Waals surface area contributed by atoms with Crippen LogP contribution in [0, 0.1) is 5.82 Å². The Bertz CT molecular complexity index is 1030. The van der Waals surface area contributed by atoms with Gasteiger partial charge in [-0.15, -0.1) is 0 Å². The Morgan fingerprint density at radius 3 is 2.21 bits per heavy atom. The fraction of sp³-hybridized carbons (Fsp3) is 0.208. The number of rotatable bonds is 4. The van der Waals surface area contributed by atoms with Gasteiger partial charge in [-0.25, -0.2) is 4.39 Å². The van der Waals surface area contributed by atoms with E-state index in [0.717, 1.165) is 11.1 Å². The molecule has 0 radical (unpaired) electrons. The maximum absolute atomic E-state index is 14.8. The van der Waals surface area contributed by atoms with Crippen molar-refractivity contribution in [3.8, 4) is 11.5 Å². The third-order valence-corrected chi connectivity index (χ3v) is 5.34. The minimum atomic E-state index is -0.495. The van der Waals surface area contributed by atoms with Crippen LogP contribution in [0.5, 0.6) is 11.5 Å². The Morgan fingerprint density at radius 1 is 0.931 bits per heavy atom. The van der Waals surface area contributed by atoms with Crippen LogP contribution in [0.3, 0.4) is 0 Å².